The van der Waals surface area contributed by atoms with E-state index in [-0.39, 0.29) is 5.75 Å². The first-order chi connectivity index (χ1) is 6.66. The van der Waals surface area contributed by atoms with Gasteiger partial charge in [-0.15, -0.1) is 0 Å². The third-order valence-electron chi connectivity index (χ3n) is 2.17. The van der Waals surface area contributed by atoms with Crippen LogP contribution in [0.25, 0.3) is 11.3 Å². The van der Waals surface area contributed by atoms with E-state index in [0.29, 0.717) is 0 Å². The van der Waals surface area contributed by atoms with E-state index >= 15 is 0 Å². The molecule has 2 aromatic rings. The Morgan fingerprint density at radius 1 is 1.21 bits per heavy atom. The molecule has 0 fully saturated rings. The van der Waals surface area contributed by atoms with Crippen LogP contribution in [0, 0.1) is 6.92 Å². The van der Waals surface area contributed by atoms with Gasteiger partial charge in [-0.1, -0.05) is 0 Å². The standard InChI is InChI=1S/C11H12N2O/c1-8-7-11(13(2)12-8)9-3-5-10(14)6-4-9/h3-7,14H,1-2H3. The first kappa shape index (κ1) is 8.81. The van der Waals surface area contributed by atoms with Crippen molar-refractivity contribution in [1.29, 1.82) is 0 Å². The largest absolute Gasteiger partial charge is 0.508 e. The minimum atomic E-state index is 0.285. The first-order valence-electron chi connectivity index (χ1n) is 4.47. The van der Waals surface area contributed by atoms with Crippen molar-refractivity contribution in [2.75, 3.05) is 0 Å². The molecule has 0 aliphatic rings. The van der Waals surface area contributed by atoms with E-state index in [1.54, 1.807) is 12.1 Å². The van der Waals surface area contributed by atoms with Gasteiger partial charge in [0.05, 0.1) is 11.4 Å². The number of nitrogens with zero attached hydrogens (tertiary/aromatic N) is 2. The van der Waals surface area contributed by atoms with Crippen LogP contribution in [-0.4, -0.2) is 14.9 Å². The minimum absolute atomic E-state index is 0.285. The van der Waals surface area contributed by atoms with E-state index in [4.69, 9.17) is 5.11 Å². The number of phenols is 1. The lowest BCUT2D eigenvalue weighted by Crippen LogP contribution is -1.93. The smallest absolute Gasteiger partial charge is 0.115 e. The summed E-state index contributed by atoms with van der Waals surface area (Å²) < 4.78 is 1.84. The Hall–Kier alpha value is -1.77. The Kier molecular flexibility index (Phi) is 2.00. The first-order valence-corrected chi connectivity index (χ1v) is 4.47. The highest BCUT2D eigenvalue weighted by Crippen LogP contribution is 2.21. The highest BCUT2D eigenvalue weighted by molar-refractivity contribution is 5.60. The Morgan fingerprint density at radius 2 is 1.86 bits per heavy atom. The summed E-state index contributed by atoms with van der Waals surface area (Å²) in [5, 5.41) is 13.4. The van der Waals surface area contributed by atoms with Crippen LogP contribution in [0.2, 0.25) is 0 Å². The molecule has 0 saturated carbocycles. The van der Waals surface area contributed by atoms with Gasteiger partial charge in [-0.05, 0) is 37.3 Å². The van der Waals surface area contributed by atoms with E-state index in [9.17, 15) is 0 Å². The maximum absolute atomic E-state index is 9.16. The van der Waals surface area contributed by atoms with Gasteiger partial charge < -0.3 is 5.11 Å². The van der Waals surface area contributed by atoms with Crippen LogP contribution in [0.1, 0.15) is 5.69 Å². The normalized spacial score (nSPS) is 10.4. The molecular formula is C11H12N2O. The summed E-state index contributed by atoms with van der Waals surface area (Å²) in [5.41, 5.74) is 3.11. The van der Waals surface area contributed by atoms with Crippen molar-refractivity contribution in [1.82, 2.24) is 9.78 Å². The molecule has 1 N–H and O–H groups in total. The second kappa shape index (κ2) is 3.18. The molecule has 0 atom stereocenters. The van der Waals surface area contributed by atoms with Crippen LogP contribution in [0.4, 0.5) is 0 Å². The summed E-state index contributed by atoms with van der Waals surface area (Å²) in [4.78, 5) is 0. The SMILES string of the molecule is Cc1cc(-c2ccc(O)cc2)n(C)n1. The number of aromatic nitrogens is 2. The third kappa shape index (κ3) is 1.48. The molecule has 0 spiro atoms. The van der Waals surface area contributed by atoms with Gasteiger partial charge in [0.1, 0.15) is 5.75 Å². The van der Waals surface area contributed by atoms with Crippen molar-refractivity contribution < 1.29 is 5.11 Å². The Morgan fingerprint density at radius 3 is 2.36 bits per heavy atom. The molecule has 3 heteroatoms. The molecule has 0 radical (unpaired) electrons. The predicted molar refractivity (Wildman–Crippen MR) is 55.0 cm³/mol. The van der Waals surface area contributed by atoms with E-state index in [0.717, 1.165) is 17.0 Å². The molecule has 0 aliphatic heterocycles. The van der Waals surface area contributed by atoms with Crippen molar-refractivity contribution in [3.05, 3.63) is 36.0 Å². The Bertz CT molecular complexity index is 443. The van der Waals surface area contributed by atoms with Crippen LogP contribution in [0.15, 0.2) is 30.3 Å². The van der Waals surface area contributed by atoms with Crippen molar-refractivity contribution in [2.45, 2.75) is 6.92 Å². The van der Waals surface area contributed by atoms with Crippen molar-refractivity contribution in [2.24, 2.45) is 7.05 Å². The van der Waals surface area contributed by atoms with Gasteiger partial charge in [0.2, 0.25) is 0 Å². The van der Waals surface area contributed by atoms with Crippen LogP contribution >= 0.6 is 0 Å². The van der Waals surface area contributed by atoms with E-state index in [1.165, 1.54) is 0 Å². The minimum Gasteiger partial charge on any atom is -0.508 e. The molecule has 3 nitrogen and oxygen atoms in total. The fourth-order valence-electron chi connectivity index (χ4n) is 1.51. The van der Waals surface area contributed by atoms with Gasteiger partial charge in [-0.25, -0.2) is 0 Å². The second-order valence-corrected chi connectivity index (χ2v) is 3.34. The number of rotatable bonds is 1. The molecular weight excluding hydrogens is 176 g/mol. The summed E-state index contributed by atoms with van der Waals surface area (Å²) in [5.74, 6) is 0.285. The third-order valence-corrected chi connectivity index (χ3v) is 2.17. The number of benzene rings is 1. The molecule has 0 aliphatic carbocycles. The topological polar surface area (TPSA) is 38.0 Å². The summed E-state index contributed by atoms with van der Waals surface area (Å²) >= 11 is 0. The van der Waals surface area contributed by atoms with Crippen LogP contribution in [0.3, 0.4) is 0 Å². The average Bonchev–Trinajstić information content (AvgIpc) is 2.47. The lowest BCUT2D eigenvalue weighted by atomic mass is 10.1. The Balaban J connectivity index is 2.49. The number of phenolic OH excluding ortho intramolecular Hbond substituents is 1. The Labute approximate surface area is 82.6 Å². The summed E-state index contributed by atoms with van der Waals surface area (Å²) in [6, 6.07) is 9.14. The van der Waals surface area contributed by atoms with Crippen molar-refractivity contribution in [3.63, 3.8) is 0 Å². The monoisotopic (exact) mass is 188 g/mol. The quantitative estimate of drug-likeness (QED) is 0.744. The molecule has 0 amide bonds. The van der Waals surface area contributed by atoms with Crippen molar-refractivity contribution in [3.8, 4) is 17.0 Å². The van der Waals surface area contributed by atoms with Crippen molar-refractivity contribution >= 4 is 0 Å². The average molecular weight is 188 g/mol. The van der Waals surface area contributed by atoms with E-state index in [2.05, 4.69) is 5.10 Å². The molecule has 2 rings (SSSR count). The molecule has 14 heavy (non-hydrogen) atoms. The molecule has 72 valence electrons. The van der Waals surface area contributed by atoms with Crippen LogP contribution in [-0.2, 0) is 7.05 Å². The van der Waals surface area contributed by atoms with Crippen LogP contribution in [0.5, 0.6) is 5.75 Å². The maximum atomic E-state index is 9.16. The van der Waals surface area contributed by atoms with Gasteiger partial charge in [0.15, 0.2) is 0 Å². The second-order valence-electron chi connectivity index (χ2n) is 3.34. The molecule has 0 saturated heterocycles. The zero-order valence-corrected chi connectivity index (χ0v) is 8.23. The molecule has 1 heterocycles. The van der Waals surface area contributed by atoms with Gasteiger partial charge in [-0.2, -0.15) is 5.10 Å². The predicted octanol–water partition coefficient (Wildman–Crippen LogP) is 2.10. The van der Waals surface area contributed by atoms with Gasteiger partial charge >= 0.3 is 0 Å². The number of hydrogen-bond acceptors (Lipinski definition) is 2. The number of aryl methyl sites for hydroxylation is 2. The number of aromatic hydroxyl groups is 1. The molecule has 0 bridgehead atoms. The molecule has 1 aromatic carbocycles. The lowest BCUT2D eigenvalue weighted by Gasteiger charge is -2.01. The fraction of sp³-hybridized carbons (Fsp3) is 0.182. The summed E-state index contributed by atoms with van der Waals surface area (Å²) in [6.45, 7) is 1.96. The highest BCUT2D eigenvalue weighted by atomic mass is 16.3. The summed E-state index contributed by atoms with van der Waals surface area (Å²) in [6.07, 6.45) is 0. The molecule has 1 aromatic heterocycles. The van der Waals surface area contributed by atoms with E-state index in [1.807, 2.05) is 36.9 Å². The zero-order chi connectivity index (χ0) is 10.1. The maximum Gasteiger partial charge on any atom is 0.115 e. The molecule has 0 unspecified atom stereocenters. The van der Waals surface area contributed by atoms with Gasteiger partial charge in [0, 0.05) is 12.6 Å². The number of hydrogen-bond donors (Lipinski definition) is 1. The zero-order valence-electron chi connectivity index (χ0n) is 8.23. The van der Waals surface area contributed by atoms with Gasteiger partial charge in [-0.3, -0.25) is 4.68 Å². The van der Waals surface area contributed by atoms with E-state index < -0.39 is 0 Å². The summed E-state index contributed by atoms with van der Waals surface area (Å²) in [7, 11) is 1.91. The fourth-order valence-corrected chi connectivity index (χ4v) is 1.51. The van der Waals surface area contributed by atoms with Gasteiger partial charge in [0.25, 0.3) is 0 Å². The highest BCUT2D eigenvalue weighted by Gasteiger charge is 2.03. The lowest BCUT2D eigenvalue weighted by molar-refractivity contribution is 0.475. The van der Waals surface area contributed by atoms with Crippen LogP contribution < -0.4 is 0 Å².